The Balaban J connectivity index is 2.45. The fraction of sp³-hybridized carbons (Fsp3) is 0.333. The lowest BCUT2D eigenvalue weighted by Gasteiger charge is -2.18. The number of benzene rings is 1. The normalized spacial score (nSPS) is 12.6. The Morgan fingerprint density at radius 3 is 2.63 bits per heavy atom. The van der Waals surface area contributed by atoms with Gasteiger partial charge in [-0.15, -0.1) is 0 Å². The van der Waals surface area contributed by atoms with Crippen molar-refractivity contribution in [3.05, 3.63) is 58.3 Å². The van der Waals surface area contributed by atoms with Gasteiger partial charge in [0.1, 0.15) is 17.3 Å². The molecule has 1 heterocycles. The molecular formula is C15H17ClFNO. The summed E-state index contributed by atoms with van der Waals surface area (Å²) in [5.41, 5.74) is 0.433. The molecule has 0 radical (unpaired) electrons. The molecule has 19 heavy (non-hydrogen) atoms. The molecule has 102 valence electrons. The van der Waals surface area contributed by atoms with Gasteiger partial charge in [-0.1, -0.05) is 31.5 Å². The second-order valence-corrected chi connectivity index (χ2v) is 4.69. The minimum atomic E-state index is -0.362. The van der Waals surface area contributed by atoms with Gasteiger partial charge in [-0.3, -0.25) is 0 Å². The second kappa shape index (κ2) is 6.22. The van der Waals surface area contributed by atoms with Gasteiger partial charge in [-0.05, 0) is 30.8 Å². The van der Waals surface area contributed by atoms with Crippen LogP contribution in [0, 0.1) is 5.82 Å². The summed E-state index contributed by atoms with van der Waals surface area (Å²) in [6.07, 6.45) is 0.809. The largest absolute Gasteiger partial charge is 0.464 e. The maximum Gasteiger partial charge on any atom is 0.129 e. The molecular weight excluding hydrogens is 265 g/mol. The molecule has 1 N–H and O–H groups in total. The van der Waals surface area contributed by atoms with Crippen LogP contribution in [0.25, 0.3) is 0 Å². The number of hydrogen-bond donors (Lipinski definition) is 1. The van der Waals surface area contributed by atoms with Gasteiger partial charge in [0.15, 0.2) is 0 Å². The van der Waals surface area contributed by atoms with Crippen LogP contribution < -0.4 is 5.32 Å². The molecule has 1 unspecified atom stereocenters. The Labute approximate surface area is 117 Å². The van der Waals surface area contributed by atoms with E-state index in [2.05, 4.69) is 5.32 Å². The first-order valence-electron chi connectivity index (χ1n) is 6.43. The van der Waals surface area contributed by atoms with Gasteiger partial charge >= 0.3 is 0 Å². The van der Waals surface area contributed by atoms with E-state index in [0.29, 0.717) is 22.9 Å². The van der Waals surface area contributed by atoms with Crippen LogP contribution in [-0.2, 0) is 6.42 Å². The van der Waals surface area contributed by atoms with E-state index in [1.54, 1.807) is 12.1 Å². The third-order valence-electron chi connectivity index (χ3n) is 3.01. The molecule has 4 heteroatoms. The van der Waals surface area contributed by atoms with Gasteiger partial charge < -0.3 is 9.73 Å². The lowest BCUT2D eigenvalue weighted by atomic mass is 10.0. The van der Waals surface area contributed by atoms with Crippen molar-refractivity contribution >= 4 is 11.6 Å². The number of nitrogens with one attached hydrogen (secondary N) is 1. The average Bonchev–Trinajstić information content (AvgIpc) is 2.86. The Bertz CT molecular complexity index is 533. The van der Waals surface area contributed by atoms with E-state index in [9.17, 15) is 4.39 Å². The summed E-state index contributed by atoms with van der Waals surface area (Å²) in [4.78, 5) is 0. The molecule has 1 aromatic carbocycles. The summed E-state index contributed by atoms with van der Waals surface area (Å²) in [6.45, 7) is 4.67. The monoisotopic (exact) mass is 281 g/mol. The van der Waals surface area contributed by atoms with Crippen molar-refractivity contribution in [2.24, 2.45) is 0 Å². The Hall–Kier alpha value is -1.32. The molecule has 1 aromatic heterocycles. The van der Waals surface area contributed by atoms with Crippen molar-refractivity contribution in [2.75, 3.05) is 6.54 Å². The first kappa shape index (κ1) is 14.1. The highest BCUT2D eigenvalue weighted by atomic mass is 35.5. The van der Waals surface area contributed by atoms with Crippen LogP contribution >= 0.6 is 11.6 Å². The topological polar surface area (TPSA) is 25.2 Å². The number of furan rings is 1. The van der Waals surface area contributed by atoms with E-state index in [-0.39, 0.29) is 11.9 Å². The summed E-state index contributed by atoms with van der Waals surface area (Å²) < 4.78 is 19.8. The number of aryl methyl sites for hydroxylation is 1. The van der Waals surface area contributed by atoms with Gasteiger partial charge in [0.05, 0.1) is 6.04 Å². The van der Waals surface area contributed by atoms with Crippen LogP contribution in [0.1, 0.15) is 37.0 Å². The van der Waals surface area contributed by atoms with E-state index in [0.717, 1.165) is 12.2 Å². The lowest BCUT2D eigenvalue weighted by Crippen LogP contribution is -2.23. The fourth-order valence-electron chi connectivity index (χ4n) is 2.08. The molecule has 0 saturated carbocycles. The minimum absolute atomic E-state index is 0.326. The maximum absolute atomic E-state index is 14.0. The van der Waals surface area contributed by atoms with Crippen molar-refractivity contribution in [1.29, 1.82) is 0 Å². The molecule has 0 amide bonds. The highest BCUT2D eigenvalue weighted by Gasteiger charge is 2.22. The first-order chi connectivity index (χ1) is 9.17. The zero-order valence-corrected chi connectivity index (χ0v) is 11.8. The maximum atomic E-state index is 14.0. The van der Waals surface area contributed by atoms with Crippen LogP contribution in [0.5, 0.6) is 0 Å². The average molecular weight is 282 g/mol. The smallest absolute Gasteiger partial charge is 0.129 e. The molecule has 0 fully saturated rings. The number of halogens is 2. The van der Waals surface area contributed by atoms with Crippen molar-refractivity contribution in [1.82, 2.24) is 5.32 Å². The Morgan fingerprint density at radius 2 is 2.05 bits per heavy atom. The van der Waals surface area contributed by atoms with Gasteiger partial charge in [0.2, 0.25) is 0 Å². The predicted molar refractivity (Wildman–Crippen MR) is 75.0 cm³/mol. The molecule has 0 aliphatic carbocycles. The van der Waals surface area contributed by atoms with Crippen molar-refractivity contribution < 1.29 is 8.81 Å². The SMILES string of the molecule is CCNC(c1ccc(CC)o1)c1c(F)cccc1Cl. The minimum Gasteiger partial charge on any atom is -0.464 e. The van der Waals surface area contributed by atoms with E-state index < -0.39 is 0 Å². The highest BCUT2D eigenvalue weighted by molar-refractivity contribution is 6.31. The van der Waals surface area contributed by atoms with Crippen LogP contribution in [0.4, 0.5) is 4.39 Å². The number of hydrogen-bond acceptors (Lipinski definition) is 2. The molecule has 0 aliphatic heterocycles. The predicted octanol–water partition coefficient (Wildman–Crippen LogP) is 4.33. The third kappa shape index (κ3) is 2.99. The molecule has 0 bridgehead atoms. The van der Waals surface area contributed by atoms with Gasteiger partial charge in [0, 0.05) is 17.0 Å². The van der Waals surface area contributed by atoms with Crippen LogP contribution in [0.3, 0.4) is 0 Å². The van der Waals surface area contributed by atoms with Gasteiger partial charge in [0.25, 0.3) is 0 Å². The third-order valence-corrected chi connectivity index (χ3v) is 3.34. The van der Waals surface area contributed by atoms with Gasteiger partial charge in [-0.25, -0.2) is 4.39 Å². The van der Waals surface area contributed by atoms with Crippen molar-refractivity contribution in [3.63, 3.8) is 0 Å². The first-order valence-corrected chi connectivity index (χ1v) is 6.81. The summed E-state index contributed by atoms with van der Waals surface area (Å²) >= 11 is 6.13. The van der Waals surface area contributed by atoms with E-state index in [1.165, 1.54) is 6.07 Å². The summed E-state index contributed by atoms with van der Waals surface area (Å²) in [7, 11) is 0. The van der Waals surface area contributed by atoms with Crippen LogP contribution in [0.15, 0.2) is 34.7 Å². The molecule has 1 atom stereocenters. The zero-order valence-electron chi connectivity index (χ0n) is 11.0. The molecule has 2 rings (SSSR count). The molecule has 2 aromatic rings. The molecule has 2 nitrogen and oxygen atoms in total. The second-order valence-electron chi connectivity index (χ2n) is 4.28. The van der Waals surface area contributed by atoms with Crippen LogP contribution in [-0.4, -0.2) is 6.54 Å². The Morgan fingerprint density at radius 1 is 1.26 bits per heavy atom. The number of rotatable bonds is 5. The van der Waals surface area contributed by atoms with Gasteiger partial charge in [-0.2, -0.15) is 0 Å². The van der Waals surface area contributed by atoms with Crippen LogP contribution in [0.2, 0.25) is 5.02 Å². The lowest BCUT2D eigenvalue weighted by molar-refractivity contribution is 0.418. The standard InChI is InChI=1S/C15H17ClFNO/c1-3-10-8-9-13(19-10)15(18-4-2)14-11(16)6-5-7-12(14)17/h5-9,15,18H,3-4H2,1-2H3. The van der Waals surface area contributed by atoms with E-state index in [4.69, 9.17) is 16.0 Å². The quantitative estimate of drug-likeness (QED) is 0.882. The zero-order chi connectivity index (χ0) is 13.8. The molecule has 0 saturated heterocycles. The summed E-state index contributed by atoms with van der Waals surface area (Å²) in [5, 5.41) is 3.62. The van der Waals surface area contributed by atoms with Crippen molar-refractivity contribution in [3.8, 4) is 0 Å². The van der Waals surface area contributed by atoms with E-state index in [1.807, 2.05) is 26.0 Å². The molecule has 0 spiro atoms. The summed E-state index contributed by atoms with van der Waals surface area (Å²) in [6, 6.07) is 8.12. The van der Waals surface area contributed by atoms with E-state index >= 15 is 0 Å². The fourth-order valence-corrected chi connectivity index (χ4v) is 2.35. The Kier molecular flexibility index (Phi) is 4.61. The molecule has 0 aliphatic rings. The summed E-state index contributed by atoms with van der Waals surface area (Å²) in [5.74, 6) is 1.24. The highest BCUT2D eigenvalue weighted by Crippen LogP contribution is 2.31. The van der Waals surface area contributed by atoms with Crippen molar-refractivity contribution in [2.45, 2.75) is 26.3 Å².